The molecule has 5 heteroatoms. The Morgan fingerprint density at radius 1 is 1.35 bits per heavy atom. The standard InChI is InChI=1S/C21H17BrN2O2/c1-3-11-26-20-10-9-19(22)13-17(20)12-18(14-23)21(25)24-15(2)16-7-5-4-6-8-16/h1,4-10,12-13,15H,11H2,2H3,(H,24,25)/b18-12+/t15-/m0/s1. The number of carbonyl (C=O) groups is 1. The van der Waals surface area contributed by atoms with Crippen molar-refractivity contribution in [3.63, 3.8) is 0 Å². The predicted molar refractivity (Wildman–Crippen MR) is 105 cm³/mol. The van der Waals surface area contributed by atoms with Gasteiger partial charge in [-0.25, -0.2) is 0 Å². The zero-order valence-corrected chi connectivity index (χ0v) is 15.8. The minimum absolute atomic E-state index is 0.0172. The van der Waals surface area contributed by atoms with E-state index in [2.05, 4.69) is 27.2 Å². The molecular formula is C21H17BrN2O2. The molecule has 0 saturated carbocycles. The Bertz CT molecular complexity index is 892. The topological polar surface area (TPSA) is 62.1 Å². The van der Waals surface area contributed by atoms with E-state index in [1.54, 1.807) is 18.2 Å². The van der Waals surface area contributed by atoms with Crippen LogP contribution in [0.15, 0.2) is 58.6 Å². The summed E-state index contributed by atoms with van der Waals surface area (Å²) >= 11 is 3.38. The highest BCUT2D eigenvalue weighted by molar-refractivity contribution is 9.10. The lowest BCUT2D eigenvalue weighted by molar-refractivity contribution is -0.117. The van der Waals surface area contributed by atoms with Crippen LogP contribution < -0.4 is 10.1 Å². The summed E-state index contributed by atoms with van der Waals surface area (Å²) in [5, 5.41) is 12.2. The molecule has 0 unspecified atom stereocenters. The molecule has 1 atom stereocenters. The highest BCUT2D eigenvalue weighted by Crippen LogP contribution is 2.26. The van der Waals surface area contributed by atoms with Crippen molar-refractivity contribution < 1.29 is 9.53 Å². The van der Waals surface area contributed by atoms with Gasteiger partial charge in [0.15, 0.2) is 0 Å². The summed E-state index contributed by atoms with van der Waals surface area (Å²) in [6.07, 6.45) is 6.72. The average molecular weight is 409 g/mol. The fourth-order valence-electron chi connectivity index (χ4n) is 2.29. The van der Waals surface area contributed by atoms with E-state index < -0.39 is 5.91 Å². The first-order valence-electron chi connectivity index (χ1n) is 7.88. The van der Waals surface area contributed by atoms with Crippen LogP contribution in [-0.2, 0) is 4.79 Å². The van der Waals surface area contributed by atoms with E-state index in [1.165, 1.54) is 6.08 Å². The van der Waals surface area contributed by atoms with Gasteiger partial charge in [-0.1, -0.05) is 52.2 Å². The Morgan fingerprint density at radius 3 is 2.73 bits per heavy atom. The third-order valence-corrected chi connectivity index (χ3v) is 4.09. The number of terminal acetylenes is 1. The lowest BCUT2D eigenvalue weighted by Crippen LogP contribution is -2.27. The summed E-state index contributed by atoms with van der Waals surface area (Å²) in [5.74, 6) is 2.44. The molecule has 26 heavy (non-hydrogen) atoms. The van der Waals surface area contributed by atoms with Crippen LogP contribution in [-0.4, -0.2) is 12.5 Å². The zero-order valence-electron chi connectivity index (χ0n) is 14.2. The van der Waals surface area contributed by atoms with E-state index in [0.29, 0.717) is 11.3 Å². The second kappa shape index (κ2) is 9.46. The molecule has 0 fully saturated rings. The maximum Gasteiger partial charge on any atom is 0.262 e. The summed E-state index contributed by atoms with van der Waals surface area (Å²) in [6.45, 7) is 1.96. The summed E-state index contributed by atoms with van der Waals surface area (Å²) in [6, 6.07) is 16.6. The van der Waals surface area contributed by atoms with Crippen molar-refractivity contribution in [3.05, 3.63) is 69.7 Å². The van der Waals surface area contributed by atoms with Crippen LogP contribution in [0, 0.1) is 23.7 Å². The molecule has 1 amide bonds. The molecule has 2 aromatic rings. The van der Waals surface area contributed by atoms with Crippen molar-refractivity contribution in [1.82, 2.24) is 5.32 Å². The Hall–Kier alpha value is -3.02. The minimum Gasteiger partial charge on any atom is -0.480 e. The number of hydrogen-bond acceptors (Lipinski definition) is 3. The van der Waals surface area contributed by atoms with E-state index in [-0.39, 0.29) is 18.2 Å². The van der Waals surface area contributed by atoms with Gasteiger partial charge in [0.25, 0.3) is 5.91 Å². The second-order valence-electron chi connectivity index (χ2n) is 5.45. The number of nitriles is 1. The number of rotatable bonds is 6. The quantitative estimate of drug-likeness (QED) is 0.441. The number of benzene rings is 2. The lowest BCUT2D eigenvalue weighted by atomic mass is 10.1. The third kappa shape index (κ3) is 5.24. The summed E-state index contributed by atoms with van der Waals surface area (Å²) in [7, 11) is 0. The van der Waals surface area contributed by atoms with Crippen molar-refractivity contribution >= 4 is 27.9 Å². The van der Waals surface area contributed by atoms with Gasteiger partial charge in [-0.3, -0.25) is 4.79 Å². The van der Waals surface area contributed by atoms with Crippen LogP contribution in [0.1, 0.15) is 24.1 Å². The highest BCUT2D eigenvalue weighted by Gasteiger charge is 2.15. The van der Waals surface area contributed by atoms with Crippen molar-refractivity contribution in [2.45, 2.75) is 13.0 Å². The van der Waals surface area contributed by atoms with Crippen molar-refractivity contribution in [3.8, 4) is 24.2 Å². The molecule has 1 N–H and O–H groups in total. The molecule has 4 nitrogen and oxygen atoms in total. The van der Waals surface area contributed by atoms with Crippen molar-refractivity contribution in [2.75, 3.05) is 6.61 Å². The Labute approximate surface area is 161 Å². The number of nitrogens with one attached hydrogen (secondary N) is 1. The molecule has 0 aliphatic carbocycles. The first-order valence-corrected chi connectivity index (χ1v) is 8.68. The highest BCUT2D eigenvalue weighted by atomic mass is 79.9. The van der Waals surface area contributed by atoms with E-state index >= 15 is 0 Å². The monoisotopic (exact) mass is 408 g/mol. The predicted octanol–water partition coefficient (Wildman–Crippen LogP) is 4.25. The van der Waals surface area contributed by atoms with Crippen LogP contribution in [0.4, 0.5) is 0 Å². The molecule has 0 radical (unpaired) electrons. The zero-order chi connectivity index (χ0) is 18.9. The van der Waals surface area contributed by atoms with Crippen LogP contribution in [0.2, 0.25) is 0 Å². The first kappa shape index (κ1) is 19.3. The van der Waals surface area contributed by atoms with Crippen molar-refractivity contribution in [1.29, 1.82) is 5.26 Å². The van der Waals surface area contributed by atoms with Gasteiger partial charge < -0.3 is 10.1 Å². The molecular weight excluding hydrogens is 392 g/mol. The number of amides is 1. The van der Waals surface area contributed by atoms with Crippen LogP contribution in [0.25, 0.3) is 6.08 Å². The molecule has 2 rings (SSSR count). The van der Waals surface area contributed by atoms with Crippen LogP contribution in [0.5, 0.6) is 5.75 Å². The Kier molecular flexibility index (Phi) is 7.02. The number of nitrogens with zero attached hydrogens (tertiary/aromatic N) is 1. The smallest absolute Gasteiger partial charge is 0.262 e. The largest absolute Gasteiger partial charge is 0.480 e. The Morgan fingerprint density at radius 2 is 2.08 bits per heavy atom. The fourth-order valence-corrected chi connectivity index (χ4v) is 2.67. The molecule has 0 spiro atoms. The summed E-state index contributed by atoms with van der Waals surface area (Å²) in [4.78, 5) is 12.5. The molecule has 2 aromatic carbocycles. The van der Waals surface area contributed by atoms with Crippen molar-refractivity contribution in [2.24, 2.45) is 0 Å². The molecule has 0 aliphatic heterocycles. The second-order valence-corrected chi connectivity index (χ2v) is 6.37. The normalized spacial score (nSPS) is 11.8. The molecule has 0 bridgehead atoms. The van der Waals surface area contributed by atoms with Gasteiger partial charge in [-0.05, 0) is 36.8 Å². The fraction of sp³-hybridized carbons (Fsp3) is 0.143. The van der Waals surface area contributed by atoms with Crippen LogP contribution >= 0.6 is 15.9 Å². The summed E-state index contributed by atoms with van der Waals surface area (Å²) < 4.78 is 6.27. The average Bonchev–Trinajstić information content (AvgIpc) is 2.65. The molecule has 0 heterocycles. The van der Waals surface area contributed by atoms with Gasteiger partial charge in [-0.2, -0.15) is 5.26 Å². The molecule has 0 saturated heterocycles. The Balaban J connectivity index is 2.25. The third-order valence-electron chi connectivity index (χ3n) is 3.59. The molecule has 0 aromatic heterocycles. The van der Waals surface area contributed by atoms with Gasteiger partial charge in [0, 0.05) is 10.0 Å². The maximum atomic E-state index is 12.5. The summed E-state index contributed by atoms with van der Waals surface area (Å²) in [5.41, 5.74) is 1.53. The van der Waals surface area contributed by atoms with Crippen LogP contribution in [0.3, 0.4) is 0 Å². The van der Waals surface area contributed by atoms with Gasteiger partial charge >= 0.3 is 0 Å². The van der Waals surface area contributed by atoms with E-state index in [1.807, 2.05) is 43.3 Å². The SMILES string of the molecule is C#CCOc1ccc(Br)cc1/C=C(\C#N)C(=O)N[C@@H](C)c1ccccc1. The van der Waals surface area contributed by atoms with Gasteiger partial charge in [-0.15, -0.1) is 6.42 Å². The van der Waals surface area contributed by atoms with E-state index in [0.717, 1.165) is 10.0 Å². The number of halogens is 1. The van der Waals surface area contributed by atoms with Gasteiger partial charge in [0.1, 0.15) is 24.0 Å². The van der Waals surface area contributed by atoms with Gasteiger partial charge in [0.05, 0.1) is 6.04 Å². The number of ether oxygens (including phenoxy) is 1. The molecule has 130 valence electrons. The van der Waals surface area contributed by atoms with E-state index in [9.17, 15) is 10.1 Å². The molecule has 0 aliphatic rings. The minimum atomic E-state index is -0.452. The lowest BCUT2D eigenvalue weighted by Gasteiger charge is -2.14. The van der Waals surface area contributed by atoms with E-state index in [4.69, 9.17) is 11.2 Å². The number of hydrogen-bond donors (Lipinski definition) is 1. The maximum absolute atomic E-state index is 12.5. The van der Waals surface area contributed by atoms with Gasteiger partial charge in [0.2, 0.25) is 0 Å². The number of carbonyl (C=O) groups excluding carboxylic acids is 1. The first-order chi connectivity index (χ1) is 12.5.